The van der Waals surface area contributed by atoms with Crippen molar-refractivity contribution in [2.75, 3.05) is 6.54 Å². The predicted molar refractivity (Wildman–Crippen MR) is 47.0 cm³/mol. The van der Waals surface area contributed by atoms with Crippen LogP contribution in [-0.2, 0) is 0 Å². The van der Waals surface area contributed by atoms with Gasteiger partial charge in [0.25, 0.3) is 0 Å². The molecule has 60 valence electrons. The van der Waals surface area contributed by atoms with Gasteiger partial charge in [-0.25, -0.2) is 4.98 Å². The summed E-state index contributed by atoms with van der Waals surface area (Å²) < 4.78 is 0.641. The van der Waals surface area contributed by atoms with E-state index in [4.69, 9.17) is 17.3 Å². The molecular weight excluding hydrogens is 180 g/mol. The highest BCUT2D eigenvalue weighted by Gasteiger charge is 2.38. The largest absolute Gasteiger partial charge is 0.330 e. The molecule has 1 fully saturated rings. The first-order valence-electron chi connectivity index (χ1n) is 3.62. The van der Waals surface area contributed by atoms with Gasteiger partial charge in [-0.05, 0) is 24.8 Å². The number of nitrogens with two attached hydrogens (primary N) is 1. The Hall–Kier alpha value is -0.120. The van der Waals surface area contributed by atoms with Crippen LogP contribution < -0.4 is 5.73 Å². The van der Waals surface area contributed by atoms with E-state index in [0.717, 1.165) is 6.54 Å². The van der Waals surface area contributed by atoms with Gasteiger partial charge in [0.15, 0.2) is 4.47 Å². The van der Waals surface area contributed by atoms with Crippen molar-refractivity contribution in [3.63, 3.8) is 0 Å². The van der Waals surface area contributed by atoms with Crippen LogP contribution >= 0.6 is 22.9 Å². The average molecular weight is 189 g/mol. The van der Waals surface area contributed by atoms with Crippen LogP contribution in [0.15, 0.2) is 6.20 Å². The number of halogens is 1. The quantitative estimate of drug-likeness (QED) is 0.770. The number of rotatable bonds is 2. The van der Waals surface area contributed by atoms with Crippen molar-refractivity contribution in [3.05, 3.63) is 15.5 Å². The fourth-order valence-electron chi connectivity index (χ4n) is 1.29. The Balaban J connectivity index is 2.08. The molecule has 0 aliphatic heterocycles. The van der Waals surface area contributed by atoms with E-state index in [0.29, 0.717) is 16.3 Å². The van der Waals surface area contributed by atoms with E-state index in [9.17, 15) is 0 Å². The molecule has 11 heavy (non-hydrogen) atoms. The van der Waals surface area contributed by atoms with Crippen molar-refractivity contribution in [1.82, 2.24) is 4.98 Å². The van der Waals surface area contributed by atoms with Gasteiger partial charge in [-0.2, -0.15) is 0 Å². The molecule has 1 aliphatic carbocycles. The maximum absolute atomic E-state index is 5.70. The van der Waals surface area contributed by atoms with E-state index in [2.05, 4.69) is 4.98 Å². The van der Waals surface area contributed by atoms with Crippen LogP contribution in [-0.4, -0.2) is 11.5 Å². The summed E-state index contributed by atoms with van der Waals surface area (Å²) in [7, 11) is 0. The molecule has 0 amide bonds. The van der Waals surface area contributed by atoms with Gasteiger partial charge < -0.3 is 5.73 Å². The first-order valence-corrected chi connectivity index (χ1v) is 4.82. The lowest BCUT2D eigenvalue weighted by Gasteiger charge is -1.89. The molecule has 0 aromatic carbocycles. The zero-order valence-electron chi connectivity index (χ0n) is 5.96. The second-order valence-electron chi connectivity index (χ2n) is 2.85. The van der Waals surface area contributed by atoms with Gasteiger partial charge in [0, 0.05) is 11.1 Å². The number of aromatic nitrogens is 1. The monoisotopic (exact) mass is 188 g/mol. The Morgan fingerprint density at radius 1 is 1.82 bits per heavy atom. The molecule has 1 heterocycles. The lowest BCUT2D eigenvalue weighted by atomic mass is 10.3. The lowest BCUT2D eigenvalue weighted by molar-refractivity contribution is 0.814. The van der Waals surface area contributed by atoms with Gasteiger partial charge in [-0.15, -0.1) is 11.3 Å². The zero-order chi connectivity index (χ0) is 7.84. The number of nitrogens with zero attached hydrogens (tertiary/aromatic N) is 1. The molecule has 2 N–H and O–H groups in total. The van der Waals surface area contributed by atoms with Crippen LogP contribution in [0.1, 0.15) is 17.2 Å². The average Bonchev–Trinajstić information content (AvgIpc) is 2.68. The summed E-state index contributed by atoms with van der Waals surface area (Å²) >= 11 is 7.28. The highest BCUT2D eigenvalue weighted by atomic mass is 35.5. The molecular formula is C7H9ClN2S. The van der Waals surface area contributed by atoms with Gasteiger partial charge in [-0.1, -0.05) is 11.6 Å². The number of hydrogen-bond donors (Lipinski definition) is 1. The molecule has 0 radical (unpaired) electrons. The Labute approximate surface area is 74.4 Å². The third kappa shape index (κ3) is 1.41. The van der Waals surface area contributed by atoms with Crippen molar-refractivity contribution in [3.8, 4) is 0 Å². The summed E-state index contributed by atoms with van der Waals surface area (Å²) in [6.07, 6.45) is 3.09. The Bertz CT molecular complexity index is 261. The summed E-state index contributed by atoms with van der Waals surface area (Å²) in [4.78, 5) is 5.29. The van der Waals surface area contributed by atoms with Gasteiger partial charge in [0.1, 0.15) is 0 Å². The van der Waals surface area contributed by atoms with E-state index in [1.54, 1.807) is 11.3 Å². The Morgan fingerprint density at radius 2 is 2.64 bits per heavy atom. The molecule has 0 bridgehead atoms. The molecule has 2 nitrogen and oxygen atoms in total. The van der Waals surface area contributed by atoms with Crippen LogP contribution in [0.5, 0.6) is 0 Å². The van der Waals surface area contributed by atoms with Gasteiger partial charge in [0.2, 0.25) is 0 Å². The van der Waals surface area contributed by atoms with E-state index < -0.39 is 0 Å². The Morgan fingerprint density at radius 3 is 3.09 bits per heavy atom. The van der Waals surface area contributed by atoms with Crippen molar-refractivity contribution in [2.24, 2.45) is 11.7 Å². The normalized spacial score (nSPS) is 28.9. The molecule has 1 aromatic heterocycles. The molecule has 0 saturated heterocycles. The summed E-state index contributed by atoms with van der Waals surface area (Å²) in [6, 6.07) is 0. The highest BCUT2D eigenvalue weighted by Crippen LogP contribution is 2.48. The summed E-state index contributed by atoms with van der Waals surface area (Å²) in [5.74, 6) is 1.34. The fourth-order valence-corrected chi connectivity index (χ4v) is 2.45. The minimum atomic E-state index is 0.641. The van der Waals surface area contributed by atoms with Crippen LogP contribution in [0.4, 0.5) is 0 Å². The maximum Gasteiger partial charge on any atom is 0.183 e. The smallest absolute Gasteiger partial charge is 0.183 e. The molecule has 1 aromatic rings. The number of hydrogen-bond acceptors (Lipinski definition) is 3. The van der Waals surface area contributed by atoms with Gasteiger partial charge in [-0.3, -0.25) is 0 Å². The predicted octanol–water partition coefficient (Wildman–Crippen LogP) is 1.86. The summed E-state index contributed by atoms with van der Waals surface area (Å²) in [5, 5.41) is 0. The molecule has 1 saturated carbocycles. The third-order valence-corrected chi connectivity index (χ3v) is 3.33. The lowest BCUT2D eigenvalue weighted by Crippen LogP contribution is -2.01. The van der Waals surface area contributed by atoms with Crippen molar-refractivity contribution in [1.29, 1.82) is 0 Å². The fraction of sp³-hybridized carbons (Fsp3) is 0.571. The molecule has 2 unspecified atom stereocenters. The molecule has 2 atom stereocenters. The van der Waals surface area contributed by atoms with Crippen LogP contribution in [0.25, 0.3) is 0 Å². The van der Waals surface area contributed by atoms with Crippen molar-refractivity contribution < 1.29 is 0 Å². The SMILES string of the molecule is NCC1CC1c1cnc(Cl)s1. The topological polar surface area (TPSA) is 38.9 Å². The molecule has 0 spiro atoms. The standard InChI is InChI=1S/C7H9ClN2S/c8-7-10-3-6(11-7)5-1-4(5)2-9/h3-5H,1-2,9H2. The van der Waals surface area contributed by atoms with E-state index >= 15 is 0 Å². The van der Waals surface area contributed by atoms with Crippen molar-refractivity contribution >= 4 is 22.9 Å². The molecule has 2 rings (SSSR count). The summed E-state index contributed by atoms with van der Waals surface area (Å²) in [5.41, 5.74) is 5.52. The maximum atomic E-state index is 5.70. The van der Waals surface area contributed by atoms with Crippen LogP contribution in [0.2, 0.25) is 4.47 Å². The first kappa shape index (κ1) is 7.53. The number of thiazole rings is 1. The van der Waals surface area contributed by atoms with Gasteiger partial charge in [0.05, 0.1) is 0 Å². The van der Waals surface area contributed by atoms with Crippen LogP contribution in [0.3, 0.4) is 0 Å². The van der Waals surface area contributed by atoms with E-state index in [1.807, 2.05) is 6.20 Å². The minimum absolute atomic E-state index is 0.641. The highest BCUT2D eigenvalue weighted by molar-refractivity contribution is 7.15. The minimum Gasteiger partial charge on any atom is -0.330 e. The first-order chi connectivity index (χ1) is 5.31. The van der Waals surface area contributed by atoms with Crippen molar-refractivity contribution in [2.45, 2.75) is 12.3 Å². The molecule has 4 heteroatoms. The summed E-state index contributed by atoms with van der Waals surface area (Å²) in [6.45, 7) is 0.792. The zero-order valence-corrected chi connectivity index (χ0v) is 7.53. The van der Waals surface area contributed by atoms with Crippen LogP contribution in [0, 0.1) is 5.92 Å². The second-order valence-corrected chi connectivity index (χ2v) is 4.50. The Kier molecular flexibility index (Phi) is 1.87. The third-order valence-electron chi connectivity index (χ3n) is 2.09. The van der Waals surface area contributed by atoms with E-state index in [1.165, 1.54) is 11.3 Å². The molecule has 1 aliphatic rings. The second kappa shape index (κ2) is 2.73. The van der Waals surface area contributed by atoms with Gasteiger partial charge >= 0.3 is 0 Å². The van der Waals surface area contributed by atoms with E-state index in [-0.39, 0.29) is 0 Å².